The van der Waals surface area contributed by atoms with Crippen LogP contribution >= 0.6 is 0 Å². The van der Waals surface area contributed by atoms with Gasteiger partial charge in [-0.25, -0.2) is 15.0 Å². The second kappa shape index (κ2) is 7.25. The molecule has 0 radical (unpaired) electrons. The van der Waals surface area contributed by atoms with Gasteiger partial charge in [-0.2, -0.15) is 0 Å². The number of aryl methyl sites for hydroxylation is 2. The van der Waals surface area contributed by atoms with Gasteiger partial charge in [-0.1, -0.05) is 0 Å². The maximum atomic E-state index is 12.3. The highest BCUT2D eigenvalue weighted by molar-refractivity contribution is 5.93. The van der Waals surface area contributed by atoms with Gasteiger partial charge < -0.3 is 16.0 Å². The lowest BCUT2D eigenvalue weighted by Crippen LogP contribution is -2.33. The van der Waals surface area contributed by atoms with E-state index in [0.717, 1.165) is 36.2 Å². The molecule has 3 rings (SSSR count). The van der Waals surface area contributed by atoms with Crippen molar-refractivity contribution in [3.05, 3.63) is 41.7 Å². The second-order valence-corrected chi connectivity index (χ2v) is 6.06. The molecule has 0 saturated heterocycles. The number of hydrogen-bond donors (Lipinski definition) is 3. The standard InChI is InChI=1S/C17H21N7O/c1-10(5-3-6-12-9-20-14(18)11(2)22-12)21-17(25)16-23-13-7-4-8-19-15(13)24-16/h4,7-10H,3,5-6H2,1-2H3,(H2,18,20)(H,21,25)(H,19,23,24)/t10-/m0/s1. The Morgan fingerprint density at radius 2 is 2.20 bits per heavy atom. The highest BCUT2D eigenvalue weighted by Crippen LogP contribution is 2.10. The normalized spacial score (nSPS) is 12.2. The summed E-state index contributed by atoms with van der Waals surface area (Å²) in [4.78, 5) is 32.1. The molecule has 0 aliphatic rings. The smallest absolute Gasteiger partial charge is 0.287 e. The fourth-order valence-electron chi connectivity index (χ4n) is 2.57. The third kappa shape index (κ3) is 4.09. The summed E-state index contributed by atoms with van der Waals surface area (Å²) in [6, 6.07) is 3.66. The number of rotatable bonds is 6. The number of pyridine rings is 1. The predicted octanol–water partition coefficient (Wildman–Crippen LogP) is 1.78. The average molecular weight is 339 g/mol. The zero-order valence-corrected chi connectivity index (χ0v) is 14.3. The molecule has 8 heteroatoms. The lowest BCUT2D eigenvalue weighted by molar-refractivity contribution is 0.0929. The average Bonchev–Trinajstić information content (AvgIpc) is 3.02. The number of amides is 1. The van der Waals surface area contributed by atoms with E-state index in [1.54, 1.807) is 18.5 Å². The number of aromatic nitrogens is 5. The molecule has 0 aliphatic heterocycles. The van der Waals surface area contributed by atoms with Crippen molar-refractivity contribution in [1.29, 1.82) is 0 Å². The van der Waals surface area contributed by atoms with Crippen LogP contribution < -0.4 is 11.1 Å². The van der Waals surface area contributed by atoms with Crippen molar-refractivity contribution in [2.75, 3.05) is 5.73 Å². The number of nitrogen functional groups attached to an aromatic ring is 1. The van der Waals surface area contributed by atoms with E-state index in [2.05, 4.69) is 30.2 Å². The van der Waals surface area contributed by atoms with Crippen molar-refractivity contribution in [3.8, 4) is 0 Å². The Balaban J connectivity index is 1.50. The Hall–Kier alpha value is -3.03. The van der Waals surface area contributed by atoms with Gasteiger partial charge >= 0.3 is 0 Å². The van der Waals surface area contributed by atoms with E-state index in [1.807, 2.05) is 19.9 Å². The third-order valence-corrected chi connectivity index (χ3v) is 3.95. The monoisotopic (exact) mass is 339 g/mol. The SMILES string of the molecule is Cc1nc(CCC[C@H](C)NC(=O)c2nc3ncccc3[nH]2)cnc1N. The van der Waals surface area contributed by atoms with Crippen molar-refractivity contribution >= 4 is 22.9 Å². The number of nitrogens with zero attached hydrogens (tertiary/aromatic N) is 4. The Morgan fingerprint density at radius 1 is 1.36 bits per heavy atom. The molecule has 1 amide bonds. The first-order chi connectivity index (χ1) is 12.0. The van der Waals surface area contributed by atoms with Crippen LogP contribution in [0.5, 0.6) is 0 Å². The molecule has 0 fully saturated rings. The lowest BCUT2D eigenvalue weighted by atomic mass is 10.1. The Bertz CT molecular complexity index is 857. The summed E-state index contributed by atoms with van der Waals surface area (Å²) in [6.07, 6.45) is 5.86. The predicted molar refractivity (Wildman–Crippen MR) is 94.9 cm³/mol. The van der Waals surface area contributed by atoms with Crippen LogP contribution in [0.3, 0.4) is 0 Å². The number of carbonyl (C=O) groups is 1. The topological polar surface area (TPSA) is 122 Å². The molecule has 1 atom stereocenters. The van der Waals surface area contributed by atoms with Gasteiger partial charge in [0.25, 0.3) is 5.91 Å². The second-order valence-electron chi connectivity index (χ2n) is 6.06. The van der Waals surface area contributed by atoms with Crippen LogP contribution in [0.4, 0.5) is 5.82 Å². The Morgan fingerprint density at radius 3 is 2.96 bits per heavy atom. The summed E-state index contributed by atoms with van der Waals surface area (Å²) in [7, 11) is 0. The van der Waals surface area contributed by atoms with E-state index in [1.165, 1.54) is 0 Å². The Kier molecular flexibility index (Phi) is 4.87. The molecule has 4 N–H and O–H groups in total. The van der Waals surface area contributed by atoms with Crippen molar-refractivity contribution in [3.63, 3.8) is 0 Å². The first-order valence-electron chi connectivity index (χ1n) is 8.22. The largest absolute Gasteiger partial charge is 0.382 e. The maximum absolute atomic E-state index is 12.3. The molecule has 3 aromatic heterocycles. The van der Waals surface area contributed by atoms with E-state index in [4.69, 9.17) is 5.73 Å². The molecule has 0 spiro atoms. The minimum Gasteiger partial charge on any atom is -0.382 e. The van der Waals surface area contributed by atoms with Gasteiger partial charge in [0.15, 0.2) is 11.5 Å². The van der Waals surface area contributed by atoms with E-state index in [0.29, 0.717) is 11.5 Å². The number of nitrogens with one attached hydrogen (secondary N) is 2. The van der Waals surface area contributed by atoms with Crippen molar-refractivity contribution in [2.24, 2.45) is 0 Å². The van der Waals surface area contributed by atoms with E-state index in [9.17, 15) is 4.79 Å². The first kappa shape index (κ1) is 16.8. The fraction of sp³-hybridized carbons (Fsp3) is 0.353. The summed E-state index contributed by atoms with van der Waals surface area (Å²) in [5.74, 6) is 0.513. The molecule has 0 aliphatic carbocycles. The molecule has 0 bridgehead atoms. The number of hydrogen-bond acceptors (Lipinski definition) is 6. The summed E-state index contributed by atoms with van der Waals surface area (Å²) < 4.78 is 0. The third-order valence-electron chi connectivity index (χ3n) is 3.95. The molecule has 0 unspecified atom stereocenters. The van der Waals surface area contributed by atoms with E-state index < -0.39 is 0 Å². The number of nitrogens with two attached hydrogens (primary N) is 1. The van der Waals surface area contributed by atoms with Crippen LogP contribution in [0.2, 0.25) is 0 Å². The molecule has 25 heavy (non-hydrogen) atoms. The molecular weight excluding hydrogens is 318 g/mol. The highest BCUT2D eigenvalue weighted by Gasteiger charge is 2.14. The number of aromatic amines is 1. The van der Waals surface area contributed by atoms with Gasteiger partial charge in [-0.05, 0) is 45.2 Å². The summed E-state index contributed by atoms with van der Waals surface area (Å²) in [5.41, 5.74) is 8.61. The van der Waals surface area contributed by atoms with Gasteiger partial charge in [0.1, 0.15) is 5.82 Å². The molecule has 3 aromatic rings. The lowest BCUT2D eigenvalue weighted by Gasteiger charge is -2.12. The van der Waals surface area contributed by atoms with Crippen LogP contribution in [0.1, 0.15) is 41.8 Å². The zero-order chi connectivity index (χ0) is 17.8. The number of H-pyrrole nitrogens is 1. The van der Waals surface area contributed by atoms with Gasteiger partial charge in [-0.3, -0.25) is 9.78 Å². The minimum absolute atomic E-state index is 0.0245. The molecule has 8 nitrogen and oxygen atoms in total. The maximum Gasteiger partial charge on any atom is 0.287 e. The summed E-state index contributed by atoms with van der Waals surface area (Å²) in [5, 5.41) is 2.95. The van der Waals surface area contributed by atoms with Crippen molar-refractivity contribution in [2.45, 2.75) is 39.2 Å². The van der Waals surface area contributed by atoms with Crippen LogP contribution in [0.15, 0.2) is 24.5 Å². The molecular formula is C17H21N7O. The van der Waals surface area contributed by atoms with E-state index in [-0.39, 0.29) is 17.8 Å². The van der Waals surface area contributed by atoms with Crippen molar-refractivity contribution < 1.29 is 4.79 Å². The fourth-order valence-corrected chi connectivity index (χ4v) is 2.57. The summed E-state index contributed by atoms with van der Waals surface area (Å²) >= 11 is 0. The number of carbonyl (C=O) groups excluding carboxylic acids is 1. The number of anilines is 1. The van der Waals surface area contributed by atoms with Crippen LogP contribution in [0, 0.1) is 6.92 Å². The molecule has 0 saturated carbocycles. The first-order valence-corrected chi connectivity index (χ1v) is 8.22. The molecule has 3 heterocycles. The van der Waals surface area contributed by atoms with Crippen LogP contribution in [0.25, 0.3) is 11.2 Å². The number of imidazole rings is 1. The van der Waals surface area contributed by atoms with Gasteiger partial charge in [-0.15, -0.1) is 0 Å². The highest BCUT2D eigenvalue weighted by atomic mass is 16.2. The molecule has 130 valence electrons. The quantitative estimate of drug-likeness (QED) is 0.629. The molecule has 0 aromatic carbocycles. The van der Waals surface area contributed by atoms with Gasteiger partial charge in [0.2, 0.25) is 0 Å². The van der Waals surface area contributed by atoms with Crippen LogP contribution in [-0.2, 0) is 6.42 Å². The van der Waals surface area contributed by atoms with Crippen LogP contribution in [-0.4, -0.2) is 36.9 Å². The minimum atomic E-state index is -0.228. The van der Waals surface area contributed by atoms with Gasteiger partial charge in [0, 0.05) is 12.2 Å². The Labute approximate surface area is 145 Å². The van der Waals surface area contributed by atoms with Crippen molar-refractivity contribution in [1.82, 2.24) is 30.2 Å². The number of fused-ring (bicyclic) bond motifs is 1. The summed E-state index contributed by atoms with van der Waals surface area (Å²) in [6.45, 7) is 3.82. The van der Waals surface area contributed by atoms with E-state index >= 15 is 0 Å². The zero-order valence-electron chi connectivity index (χ0n) is 14.3. The van der Waals surface area contributed by atoms with Gasteiger partial charge in [0.05, 0.1) is 23.1 Å².